The van der Waals surface area contributed by atoms with E-state index in [2.05, 4.69) is 4.98 Å². The van der Waals surface area contributed by atoms with Crippen LogP contribution < -0.4 is 5.73 Å². The number of aromatic amines is 1. The van der Waals surface area contributed by atoms with Crippen LogP contribution in [-0.2, 0) is 0 Å². The molecular formula is C9H6FN3. The molecule has 1 aromatic carbocycles. The monoisotopic (exact) mass is 175 g/mol. The third kappa shape index (κ3) is 1.02. The average molecular weight is 175 g/mol. The van der Waals surface area contributed by atoms with E-state index in [0.717, 1.165) is 0 Å². The first-order valence-electron chi connectivity index (χ1n) is 3.68. The number of hydrogen-bond acceptors (Lipinski definition) is 2. The zero-order valence-corrected chi connectivity index (χ0v) is 6.63. The van der Waals surface area contributed by atoms with Gasteiger partial charge in [-0.05, 0) is 12.1 Å². The highest BCUT2D eigenvalue weighted by Gasteiger charge is 2.07. The van der Waals surface area contributed by atoms with Crippen molar-refractivity contribution in [2.75, 3.05) is 5.73 Å². The molecule has 4 heteroatoms. The van der Waals surface area contributed by atoms with Crippen molar-refractivity contribution in [1.29, 1.82) is 5.26 Å². The fraction of sp³-hybridized carbons (Fsp3) is 0. The van der Waals surface area contributed by atoms with Crippen LogP contribution in [0.15, 0.2) is 18.3 Å². The van der Waals surface area contributed by atoms with Gasteiger partial charge in [-0.2, -0.15) is 5.26 Å². The molecule has 0 saturated heterocycles. The molecule has 0 fully saturated rings. The van der Waals surface area contributed by atoms with E-state index in [9.17, 15) is 4.39 Å². The highest BCUT2D eigenvalue weighted by atomic mass is 19.1. The second-order valence-electron chi connectivity index (χ2n) is 2.73. The number of nitrogen functional groups attached to an aromatic ring is 1. The minimum absolute atomic E-state index is 0.316. The number of nitriles is 1. The van der Waals surface area contributed by atoms with E-state index in [0.29, 0.717) is 22.2 Å². The van der Waals surface area contributed by atoms with Crippen molar-refractivity contribution < 1.29 is 4.39 Å². The molecule has 0 amide bonds. The van der Waals surface area contributed by atoms with Crippen LogP contribution in [0, 0.1) is 17.1 Å². The summed E-state index contributed by atoms with van der Waals surface area (Å²) in [6.07, 6.45) is 1.51. The lowest BCUT2D eigenvalue weighted by Gasteiger charge is -1.96. The van der Waals surface area contributed by atoms with Crippen LogP contribution >= 0.6 is 0 Å². The SMILES string of the molecule is N#Cc1c[nH]c2c(N)cc(F)cc12. The van der Waals surface area contributed by atoms with Gasteiger partial charge in [0.15, 0.2) is 0 Å². The molecule has 13 heavy (non-hydrogen) atoms. The van der Waals surface area contributed by atoms with Crippen LogP contribution in [0.2, 0.25) is 0 Å². The van der Waals surface area contributed by atoms with Crippen LogP contribution in [0.25, 0.3) is 10.9 Å². The lowest BCUT2D eigenvalue weighted by Crippen LogP contribution is -1.88. The maximum Gasteiger partial charge on any atom is 0.126 e. The minimum atomic E-state index is -0.430. The highest BCUT2D eigenvalue weighted by molar-refractivity contribution is 5.94. The van der Waals surface area contributed by atoms with E-state index >= 15 is 0 Å². The Bertz CT molecular complexity index is 507. The van der Waals surface area contributed by atoms with E-state index in [1.807, 2.05) is 6.07 Å². The Morgan fingerprint density at radius 1 is 1.46 bits per heavy atom. The van der Waals surface area contributed by atoms with Crippen molar-refractivity contribution in [3.8, 4) is 6.07 Å². The van der Waals surface area contributed by atoms with Gasteiger partial charge in [-0.1, -0.05) is 0 Å². The van der Waals surface area contributed by atoms with Gasteiger partial charge in [0.05, 0.1) is 16.8 Å². The molecule has 0 aliphatic carbocycles. The molecule has 2 rings (SSSR count). The Kier molecular flexibility index (Phi) is 1.46. The van der Waals surface area contributed by atoms with E-state index in [1.54, 1.807) is 0 Å². The Hall–Kier alpha value is -2.02. The number of aromatic nitrogens is 1. The molecular weight excluding hydrogens is 169 g/mol. The van der Waals surface area contributed by atoms with Crippen molar-refractivity contribution >= 4 is 16.6 Å². The number of benzene rings is 1. The van der Waals surface area contributed by atoms with Gasteiger partial charge in [0.25, 0.3) is 0 Å². The third-order valence-corrected chi connectivity index (χ3v) is 1.91. The number of halogens is 1. The molecule has 3 nitrogen and oxygen atoms in total. The lowest BCUT2D eigenvalue weighted by molar-refractivity contribution is 0.630. The van der Waals surface area contributed by atoms with Gasteiger partial charge in [0.2, 0.25) is 0 Å². The van der Waals surface area contributed by atoms with E-state index < -0.39 is 5.82 Å². The zero-order chi connectivity index (χ0) is 9.42. The average Bonchev–Trinajstić information content (AvgIpc) is 2.47. The standard InChI is InChI=1S/C9H6FN3/c10-6-1-7-5(3-11)4-13-9(7)8(12)2-6/h1-2,4,13H,12H2. The van der Waals surface area contributed by atoms with Gasteiger partial charge >= 0.3 is 0 Å². The predicted octanol–water partition coefficient (Wildman–Crippen LogP) is 1.76. The number of nitrogens with one attached hydrogen (secondary N) is 1. The van der Waals surface area contributed by atoms with Gasteiger partial charge in [0, 0.05) is 11.6 Å². The van der Waals surface area contributed by atoms with Crippen molar-refractivity contribution in [2.45, 2.75) is 0 Å². The van der Waals surface area contributed by atoms with Crippen molar-refractivity contribution in [2.24, 2.45) is 0 Å². The number of nitrogens with zero attached hydrogens (tertiary/aromatic N) is 1. The molecule has 3 N–H and O–H groups in total. The van der Waals surface area contributed by atoms with Crippen molar-refractivity contribution in [1.82, 2.24) is 4.98 Å². The van der Waals surface area contributed by atoms with Crippen molar-refractivity contribution in [3.63, 3.8) is 0 Å². The largest absolute Gasteiger partial charge is 0.397 e. The van der Waals surface area contributed by atoms with Crippen molar-refractivity contribution in [3.05, 3.63) is 29.7 Å². The number of H-pyrrole nitrogens is 1. The molecule has 0 unspecified atom stereocenters. The van der Waals surface area contributed by atoms with Crippen LogP contribution in [0.3, 0.4) is 0 Å². The van der Waals surface area contributed by atoms with E-state index in [4.69, 9.17) is 11.0 Å². The summed E-state index contributed by atoms with van der Waals surface area (Å²) in [6, 6.07) is 4.47. The summed E-state index contributed by atoms with van der Waals surface area (Å²) in [6.45, 7) is 0. The maximum absolute atomic E-state index is 12.9. The fourth-order valence-electron chi connectivity index (χ4n) is 1.32. The summed E-state index contributed by atoms with van der Waals surface area (Å²) in [5.41, 5.74) is 6.87. The molecule has 1 heterocycles. The number of hydrogen-bond donors (Lipinski definition) is 2. The molecule has 0 bridgehead atoms. The van der Waals surface area contributed by atoms with E-state index in [-0.39, 0.29) is 0 Å². The summed E-state index contributed by atoms with van der Waals surface area (Å²) in [7, 11) is 0. The second-order valence-corrected chi connectivity index (χ2v) is 2.73. The van der Waals surface area contributed by atoms with Crippen LogP contribution in [0.4, 0.5) is 10.1 Å². The topological polar surface area (TPSA) is 65.6 Å². The molecule has 0 radical (unpaired) electrons. The third-order valence-electron chi connectivity index (χ3n) is 1.91. The lowest BCUT2D eigenvalue weighted by atomic mass is 10.1. The molecule has 0 saturated carbocycles. The molecule has 2 aromatic rings. The first kappa shape index (κ1) is 7.62. The predicted molar refractivity (Wildman–Crippen MR) is 47.4 cm³/mol. The maximum atomic E-state index is 12.9. The zero-order valence-electron chi connectivity index (χ0n) is 6.63. The molecule has 0 atom stereocenters. The Balaban J connectivity index is 2.92. The first-order valence-corrected chi connectivity index (χ1v) is 3.68. The van der Waals surface area contributed by atoms with E-state index in [1.165, 1.54) is 18.3 Å². The highest BCUT2D eigenvalue weighted by Crippen LogP contribution is 2.24. The number of rotatable bonds is 0. The van der Waals surface area contributed by atoms with Gasteiger partial charge in [0.1, 0.15) is 11.9 Å². The Morgan fingerprint density at radius 2 is 2.23 bits per heavy atom. The molecule has 64 valence electrons. The molecule has 1 aromatic heterocycles. The van der Waals surface area contributed by atoms with Gasteiger partial charge in [-0.15, -0.1) is 0 Å². The second kappa shape index (κ2) is 2.49. The first-order chi connectivity index (χ1) is 6.22. The summed E-state index contributed by atoms with van der Waals surface area (Å²) in [5, 5.41) is 9.20. The summed E-state index contributed by atoms with van der Waals surface area (Å²) >= 11 is 0. The number of fused-ring (bicyclic) bond motifs is 1. The molecule has 0 aliphatic rings. The number of anilines is 1. The smallest absolute Gasteiger partial charge is 0.126 e. The van der Waals surface area contributed by atoms with Crippen LogP contribution in [0.1, 0.15) is 5.56 Å². The normalized spacial score (nSPS) is 10.2. The van der Waals surface area contributed by atoms with Gasteiger partial charge in [-0.25, -0.2) is 4.39 Å². The van der Waals surface area contributed by atoms with Crippen LogP contribution in [0.5, 0.6) is 0 Å². The minimum Gasteiger partial charge on any atom is -0.397 e. The number of nitrogens with two attached hydrogens (primary N) is 1. The fourth-order valence-corrected chi connectivity index (χ4v) is 1.32. The Labute approximate surface area is 73.6 Å². The quantitative estimate of drug-likeness (QED) is 0.599. The van der Waals surface area contributed by atoms with Gasteiger partial charge in [-0.3, -0.25) is 0 Å². The van der Waals surface area contributed by atoms with Gasteiger partial charge < -0.3 is 10.7 Å². The molecule has 0 spiro atoms. The summed E-state index contributed by atoms with van der Waals surface area (Å²) in [5.74, 6) is -0.430. The Morgan fingerprint density at radius 3 is 2.92 bits per heavy atom. The summed E-state index contributed by atoms with van der Waals surface area (Å²) in [4.78, 5) is 2.82. The summed E-state index contributed by atoms with van der Waals surface area (Å²) < 4.78 is 12.9. The van der Waals surface area contributed by atoms with Crippen LogP contribution in [-0.4, -0.2) is 4.98 Å². The molecule has 0 aliphatic heterocycles.